The fourth-order valence-corrected chi connectivity index (χ4v) is 2.69. The largest absolute Gasteiger partial charge is 0.480 e. The lowest BCUT2D eigenvalue weighted by molar-refractivity contribution is -0.136. The molecule has 16 heavy (non-hydrogen) atoms. The summed E-state index contributed by atoms with van der Waals surface area (Å²) in [6.45, 7) is 4.84. The second kappa shape index (κ2) is 5.83. The zero-order valence-corrected chi connectivity index (χ0v) is 10.4. The fourth-order valence-electron chi connectivity index (χ4n) is 1.23. The molecule has 94 valence electrons. The fraction of sp³-hybridized carbons (Fsp3) is 0.778. The molecule has 0 rings (SSSR count). The highest BCUT2D eigenvalue weighted by Crippen LogP contribution is 2.07. The van der Waals surface area contributed by atoms with Crippen LogP contribution in [0.1, 0.15) is 27.2 Å². The van der Waals surface area contributed by atoms with Gasteiger partial charge in [-0.15, -0.1) is 0 Å². The molecule has 0 radical (unpaired) electrons. The molecule has 0 saturated heterocycles. The molecule has 0 saturated carbocycles. The van der Waals surface area contributed by atoms with E-state index < -0.39 is 32.7 Å². The van der Waals surface area contributed by atoms with E-state index in [1.807, 2.05) is 0 Å². The summed E-state index contributed by atoms with van der Waals surface area (Å²) in [4.78, 5) is 21.9. The molecule has 0 bridgehead atoms. The quantitative estimate of drug-likeness (QED) is 0.680. The summed E-state index contributed by atoms with van der Waals surface area (Å²) >= 11 is 0. The minimum absolute atomic E-state index is 0.0490. The van der Waals surface area contributed by atoms with Crippen LogP contribution in [0.5, 0.6) is 0 Å². The molecular weight excluding hydrogens is 234 g/mol. The molecule has 0 fully saturated rings. The Hall–Kier alpha value is -1.11. The number of rotatable bonds is 6. The molecule has 0 aromatic heterocycles. The summed E-state index contributed by atoms with van der Waals surface area (Å²) in [7, 11) is -3.93. The van der Waals surface area contributed by atoms with E-state index in [0.717, 1.165) is 0 Å². The molecule has 1 unspecified atom stereocenters. The van der Waals surface area contributed by atoms with E-state index in [2.05, 4.69) is 5.32 Å². The van der Waals surface area contributed by atoms with E-state index in [4.69, 9.17) is 5.11 Å². The molecule has 0 aromatic rings. The second-order valence-corrected chi connectivity index (χ2v) is 5.95. The predicted octanol–water partition coefficient (Wildman–Crippen LogP) is -0.211. The van der Waals surface area contributed by atoms with Gasteiger partial charge in [-0.2, -0.15) is 0 Å². The van der Waals surface area contributed by atoms with Gasteiger partial charge in [0.25, 0.3) is 0 Å². The molecule has 1 amide bonds. The van der Waals surface area contributed by atoms with Crippen molar-refractivity contribution in [2.45, 2.75) is 38.5 Å². The van der Waals surface area contributed by atoms with Gasteiger partial charge in [-0.3, -0.25) is 9.59 Å². The average molecular weight is 251 g/mol. The number of aliphatic carboxylic acids is 1. The summed E-state index contributed by atoms with van der Waals surface area (Å²) in [5.41, 5.74) is 0. The molecule has 0 aliphatic rings. The van der Waals surface area contributed by atoms with Crippen LogP contribution in [0.2, 0.25) is 0 Å². The van der Waals surface area contributed by atoms with E-state index in [0.29, 0.717) is 0 Å². The Morgan fingerprint density at radius 1 is 1.31 bits per heavy atom. The SMILES string of the molecule is CCC(C(=O)O)S(=O)(=O)CC(=O)NC(C)C. The van der Waals surface area contributed by atoms with Gasteiger partial charge < -0.3 is 10.4 Å². The van der Waals surface area contributed by atoms with Gasteiger partial charge in [0.05, 0.1) is 0 Å². The van der Waals surface area contributed by atoms with Gasteiger partial charge in [0.2, 0.25) is 5.91 Å². The average Bonchev–Trinajstić information content (AvgIpc) is 1.99. The highest BCUT2D eigenvalue weighted by molar-refractivity contribution is 7.93. The van der Waals surface area contributed by atoms with Gasteiger partial charge in [-0.05, 0) is 20.3 Å². The first-order valence-electron chi connectivity index (χ1n) is 4.94. The van der Waals surface area contributed by atoms with Crippen LogP contribution >= 0.6 is 0 Å². The Kier molecular flexibility index (Phi) is 5.43. The third-order valence-electron chi connectivity index (χ3n) is 1.86. The van der Waals surface area contributed by atoms with Crippen molar-refractivity contribution in [2.75, 3.05) is 5.75 Å². The van der Waals surface area contributed by atoms with Crippen molar-refractivity contribution in [2.24, 2.45) is 0 Å². The lowest BCUT2D eigenvalue weighted by Crippen LogP contribution is -2.40. The topological polar surface area (TPSA) is 101 Å². The first kappa shape index (κ1) is 14.9. The lowest BCUT2D eigenvalue weighted by Gasteiger charge is -2.12. The first-order valence-corrected chi connectivity index (χ1v) is 6.66. The van der Waals surface area contributed by atoms with Gasteiger partial charge in [0.1, 0.15) is 5.75 Å². The highest BCUT2D eigenvalue weighted by Gasteiger charge is 2.32. The van der Waals surface area contributed by atoms with Crippen molar-refractivity contribution in [3.8, 4) is 0 Å². The number of hydrogen-bond donors (Lipinski definition) is 2. The summed E-state index contributed by atoms with van der Waals surface area (Å²) in [5, 5.41) is 9.59. The summed E-state index contributed by atoms with van der Waals surface area (Å²) < 4.78 is 23.1. The number of carboxylic acids is 1. The number of amides is 1. The van der Waals surface area contributed by atoms with E-state index in [1.54, 1.807) is 13.8 Å². The second-order valence-electron chi connectivity index (χ2n) is 3.76. The predicted molar refractivity (Wildman–Crippen MR) is 58.8 cm³/mol. The third-order valence-corrected chi connectivity index (χ3v) is 3.93. The number of hydrogen-bond acceptors (Lipinski definition) is 4. The summed E-state index contributed by atoms with van der Waals surface area (Å²) in [5.74, 6) is -2.87. The van der Waals surface area contributed by atoms with Crippen LogP contribution in [0, 0.1) is 0 Å². The monoisotopic (exact) mass is 251 g/mol. The molecule has 0 aromatic carbocycles. The van der Waals surface area contributed by atoms with Crippen LogP contribution in [-0.4, -0.2) is 42.4 Å². The van der Waals surface area contributed by atoms with Crippen LogP contribution in [-0.2, 0) is 19.4 Å². The molecule has 0 spiro atoms. The van der Waals surface area contributed by atoms with Gasteiger partial charge in [0, 0.05) is 6.04 Å². The maximum absolute atomic E-state index is 11.6. The van der Waals surface area contributed by atoms with Crippen LogP contribution in [0.25, 0.3) is 0 Å². The number of nitrogens with one attached hydrogen (secondary N) is 1. The van der Waals surface area contributed by atoms with E-state index in [-0.39, 0.29) is 12.5 Å². The van der Waals surface area contributed by atoms with Crippen molar-refractivity contribution in [3.63, 3.8) is 0 Å². The van der Waals surface area contributed by atoms with Gasteiger partial charge in [-0.25, -0.2) is 8.42 Å². The Labute approximate surface area is 95.0 Å². The van der Waals surface area contributed by atoms with Crippen molar-refractivity contribution in [1.82, 2.24) is 5.32 Å². The summed E-state index contributed by atoms with van der Waals surface area (Å²) in [6, 6.07) is -0.174. The normalized spacial score (nSPS) is 13.5. The van der Waals surface area contributed by atoms with Gasteiger partial charge in [0.15, 0.2) is 15.1 Å². The van der Waals surface area contributed by atoms with E-state index in [9.17, 15) is 18.0 Å². The Bertz CT molecular complexity index is 360. The molecule has 2 N–H and O–H groups in total. The van der Waals surface area contributed by atoms with Crippen LogP contribution in [0.3, 0.4) is 0 Å². The molecule has 0 aliphatic carbocycles. The standard InChI is InChI=1S/C9H17NO5S/c1-4-7(9(12)13)16(14,15)5-8(11)10-6(2)3/h6-7H,4-5H2,1-3H3,(H,10,11)(H,12,13). The lowest BCUT2D eigenvalue weighted by atomic mass is 10.3. The molecular formula is C9H17NO5S. The first-order chi connectivity index (χ1) is 7.20. The van der Waals surface area contributed by atoms with Crippen molar-refractivity contribution < 1.29 is 23.1 Å². The molecule has 0 aliphatic heterocycles. The number of sulfone groups is 1. The van der Waals surface area contributed by atoms with Crippen molar-refractivity contribution >= 4 is 21.7 Å². The van der Waals surface area contributed by atoms with Gasteiger partial charge >= 0.3 is 5.97 Å². The van der Waals surface area contributed by atoms with Crippen LogP contribution < -0.4 is 5.32 Å². The smallest absolute Gasteiger partial charge is 0.321 e. The zero-order valence-electron chi connectivity index (χ0n) is 9.56. The molecule has 1 atom stereocenters. The van der Waals surface area contributed by atoms with Crippen molar-refractivity contribution in [1.29, 1.82) is 0 Å². The van der Waals surface area contributed by atoms with Crippen LogP contribution in [0.4, 0.5) is 0 Å². The number of carboxylic acid groups (broad SMARTS) is 1. The molecule has 7 heteroatoms. The maximum Gasteiger partial charge on any atom is 0.321 e. The third kappa shape index (κ3) is 4.61. The van der Waals surface area contributed by atoms with Crippen LogP contribution in [0.15, 0.2) is 0 Å². The minimum atomic E-state index is -3.93. The zero-order chi connectivity index (χ0) is 12.9. The molecule has 6 nitrogen and oxygen atoms in total. The number of carbonyl (C=O) groups is 2. The highest BCUT2D eigenvalue weighted by atomic mass is 32.2. The Morgan fingerprint density at radius 3 is 2.12 bits per heavy atom. The van der Waals surface area contributed by atoms with Crippen molar-refractivity contribution in [3.05, 3.63) is 0 Å². The Morgan fingerprint density at radius 2 is 1.81 bits per heavy atom. The minimum Gasteiger partial charge on any atom is -0.480 e. The van der Waals surface area contributed by atoms with Gasteiger partial charge in [-0.1, -0.05) is 6.92 Å². The number of carbonyl (C=O) groups excluding carboxylic acids is 1. The Balaban J connectivity index is 4.68. The summed E-state index contributed by atoms with van der Waals surface area (Å²) in [6.07, 6.45) is -0.0490. The maximum atomic E-state index is 11.6. The van der Waals surface area contributed by atoms with E-state index in [1.165, 1.54) is 6.92 Å². The van der Waals surface area contributed by atoms with E-state index >= 15 is 0 Å². The molecule has 0 heterocycles.